The van der Waals surface area contributed by atoms with Crippen molar-refractivity contribution in [3.8, 4) is 0 Å². The van der Waals surface area contributed by atoms with Crippen LogP contribution in [-0.2, 0) is 14.8 Å². The van der Waals surface area contributed by atoms with Gasteiger partial charge in [0.1, 0.15) is 0 Å². The van der Waals surface area contributed by atoms with Crippen LogP contribution in [0.1, 0.15) is 52.4 Å². The molecule has 3 aliphatic rings. The summed E-state index contributed by atoms with van der Waals surface area (Å²) in [5, 5.41) is 0. The lowest BCUT2D eigenvalue weighted by molar-refractivity contribution is -0.138. The monoisotopic (exact) mass is 399 g/mol. The molecule has 7 heteroatoms. The largest absolute Gasteiger partial charge is 0.342 e. The van der Waals surface area contributed by atoms with Gasteiger partial charge < -0.3 is 9.80 Å². The highest BCUT2D eigenvalue weighted by molar-refractivity contribution is 7.89. The third-order valence-electron chi connectivity index (χ3n) is 6.78. The highest BCUT2D eigenvalue weighted by Crippen LogP contribution is 2.26. The van der Waals surface area contributed by atoms with Gasteiger partial charge in [0.2, 0.25) is 15.9 Å². The highest BCUT2D eigenvalue weighted by Gasteiger charge is 2.34. The van der Waals surface area contributed by atoms with Gasteiger partial charge in [0.15, 0.2) is 0 Å². The maximum Gasteiger partial charge on any atom is 0.225 e. The molecule has 0 aromatic rings. The molecular weight excluding hydrogens is 362 g/mol. The molecule has 0 radical (unpaired) electrons. The van der Waals surface area contributed by atoms with Crippen molar-refractivity contribution in [2.45, 2.75) is 52.4 Å². The quantitative estimate of drug-likeness (QED) is 0.710. The molecule has 1 amide bonds. The number of hydrogen-bond donors (Lipinski definition) is 0. The molecule has 1 unspecified atom stereocenters. The Kier molecular flexibility index (Phi) is 7.20. The number of likely N-dealkylation sites (tertiary alicyclic amines) is 2. The molecule has 3 heterocycles. The molecule has 6 nitrogen and oxygen atoms in total. The van der Waals surface area contributed by atoms with Crippen LogP contribution < -0.4 is 0 Å². The Labute approximate surface area is 165 Å². The number of nitrogens with zero attached hydrogens (tertiary/aromatic N) is 3. The van der Waals surface area contributed by atoms with Crippen molar-refractivity contribution in [2.75, 3.05) is 51.6 Å². The summed E-state index contributed by atoms with van der Waals surface area (Å²) in [6.07, 6.45) is 6.27. The topological polar surface area (TPSA) is 60.9 Å². The van der Waals surface area contributed by atoms with Crippen molar-refractivity contribution < 1.29 is 13.2 Å². The van der Waals surface area contributed by atoms with Gasteiger partial charge in [-0.1, -0.05) is 6.92 Å². The van der Waals surface area contributed by atoms with Crippen LogP contribution in [0.25, 0.3) is 0 Å². The Morgan fingerprint density at radius 2 is 1.63 bits per heavy atom. The zero-order valence-corrected chi connectivity index (χ0v) is 17.9. The molecule has 156 valence electrons. The van der Waals surface area contributed by atoms with Crippen molar-refractivity contribution in [3.05, 3.63) is 0 Å². The second-order valence-electron chi connectivity index (χ2n) is 8.85. The van der Waals surface area contributed by atoms with Gasteiger partial charge in [0, 0.05) is 38.6 Å². The summed E-state index contributed by atoms with van der Waals surface area (Å²) >= 11 is 0. The zero-order chi connectivity index (χ0) is 19.4. The lowest BCUT2D eigenvalue weighted by atomic mass is 9.91. The fourth-order valence-electron chi connectivity index (χ4n) is 4.85. The molecule has 3 saturated heterocycles. The van der Waals surface area contributed by atoms with Crippen LogP contribution >= 0.6 is 0 Å². The van der Waals surface area contributed by atoms with Crippen LogP contribution in [0.3, 0.4) is 0 Å². The average Bonchev–Trinajstić information content (AvgIpc) is 2.69. The molecule has 3 fully saturated rings. The average molecular weight is 400 g/mol. The third-order valence-corrected chi connectivity index (χ3v) is 8.67. The van der Waals surface area contributed by atoms with E-state index in [-0.39, 0.29) is 17.6 Å². The number of rotatable bonds is 5. The van der Waals surface area contributed by atoms with Crippen molar-refractivity contribution in [3.63, 3.8) is 0 Å². The minimum atomic E-state index is -3.12. The Morgan fingerprint density at radius 1 is 0.963 bits per heavy atom. The first kappa shape index (κ1) is 21.1. The van der Waals surface area contributed by atoms with E-state index in [0.717, 1.165) is 32.0 Å². The van der Waals surface area contributed by atoms with Crippen molar-refractivity contribution in [1.82, 2.24) is 14.1 Å². The molecule has 3 rings (SSSR count). The van der Waals surface area contributed by atoms with Gasteiger partial charge in [-0.3, -0.25) is 4.79 Å². The van der Waals surface area contributed by atoms with E-state index in [1.807, 2.05) is 0 Å². The summed E-state index contributed by atoms with van der Waals surface area (Å²) in [6.45, 7) is 10.3. The van der Waals surface area contributed by atoms with E-state index in [4.69, 9.17) is 0 Å². The minimum absolute atomic E-state index is 0.00268. The normalized spacial score (nSPS) is 27.8. The Balaban J connectivity index is 1.47. The first-order valence-corrected chi connectivity index (χ1v) is 12.5. The molecule has 0 aromatic heterocycles. The Morgan fingerprint density at radius 3 is 2.26 bits per heavy atom. The summed E-state index contributed by atoms with van der Waals surface area (Å²) in [5.74, 6) is 1.86. The van der Waals surface area contributed by atoms with Crippen molar-refractivity contribution in [2.24, 2.45) is 17.8 Å². The molecule has 0 bridgehead atoms. The number of amides is 1. The van der Waals surface area contributed by atoms with E-state index in [1.54, 1.807) is 11.2 Å². The molecule has 0 aromatic carbocycles. The summed E-state index contributed by atoms with van der Waals surface area (Å²) < 4.78 is 25.6. The molecular formula is C20H37N3O3S. The Hall–Kier alpha value is -0.660. The highest BCUT2D eigenvalue weighted by atomic mass is 32.2. The van der Waals surface area contributed by atoms with Crippen LogP contribution in [0.5, 0.6) is 0 Å². The number of hydrogen-bond acceptors (Lipinski definition) is 4. The molecule has 0 aliphatic carbocycles. The standard InChI is InChI=1S/C20H37N3O3S/c1-3-27(25,26)23-13-8-19(9-14-23)20(24)22-10-4-5-18(16-22)15-21-11-6-17(2)7-12-21/h17-19H,3-16H2,1-2H3. The van der Waals surface area contributed by atoms with E-state index in [0.29, 0.717) is 31.8 Å². The number of piperidine rings is 3. The van der Waals surface area contributed by atoms with Gasteiger partial charge in [-0.25, -0.2) is 12.7 Å². The fraction of sp³-hybridized carbons (Fsp3) is 0.950. The fourth-order valence-corrected chi connectivity index (χ4v) is 5.98. The Bertz CT molecular complexity index is 594. The zero-order valence-electron chi connectivity index (χ0n) is 17.1. The van der Waals surface area contributed by atoms with E-state index < -0.39 is 10.0 Å². The maximum atomic E-state index is 13.0. The number of carbonyl (C=O) groups is 1. The van der Waals surface area contributed by atoms with Crippen LogP contribution in [0.2, 0.25) is 0 Å². The van der Waals surface area contributed by atoms with E-state index in [2.05, 4.69) is 16.7 Å². The minimum Gasteiger partial charge on any atom is -0.342 e. The van der Waals surface area contributed by atoms with Crippen molar-refractivity contribution >= 4 is 15.9 Å². The van der Waals surface area contributed by atoms with Crippen LogP contribution in [0, 0.1) is 17.8 Å². The summed E-state index contributed by atoms with van der Waals surface area (Å²) in [7, 11) is -3.12. The van der Waals surface area contributed by atoms with Gasteiger partial charge in [-0.15, -0.1) is 0 Å². The molecule has 27 heavy (non-hydrogen) atoms. The predicted molar refractivity (Wildman–Crippen MR) is 108 cm³/mol. The molecule has 3 aliphatic heterocycles. The van der Waals surface area contributed by atoms with E-state index in [9.17, 15) is 13.2 Å². The first-order valence-electron chi connectivity index (χ1n) is 10.9. The van der Waals surface area contributed by atoms with Gasteiger partial charge in [-0.2, -0.15) is 0 Å². The van der Waals surface area contributed by atoms with Crippen LogP contribution in [-0.4, -0.2) is 80.0 Å². The third kappa shape index (κ3) is 5.45. The van der Waals surface area contributed by atoms with Gasteiger partial charge >= 0.3 is 0 Å². The molecule has 1 atom stereocenters. The smallest absolute Gasteiger partial charge is 0.225 e. The van der Waals surface area contributed by atoms with Gasteiger partial charge in [-0.05, 0) is 70.4 Å². The lowest BCUT2D eigenvalue weighted by Crippen LogP contribution is -2.49. The van der Waals surface area contributed by atoms with Crippen LogP contribution in [0.4, 0.5) is 0 Å². The first-order chi connectivity index (χ1) is 12.9. The van der Waals surface area contributed by atoms with Crippen LogP contribution in [0.15, 0.2) is 0 Å². The van der Waals surface area contributed by atoms with E-state index in [1.165, 1.54) is 32.4 Å². The maximum absolute atomic E-state index is 13.0. The SMILES string of the molecule is CCS(=O)(=O)N1CCC(C(=O)N2CCCC(CN3CCC(C)CC3)C2)CC1. The summed E-state index contributed by atoms with van der Waals surface area (Å²) in [4.78, 5) is 17.7. The number of sulfonamides is 1. The summed E-state index contributed by atoms with van der Waals surface area (Å²) in [6, 6.07) is 0. The van der Waals surface area contributed by atoms with Gasteiger partial charge in [0.25, 0.3) is 0 Å². The van der Waals surface area contributed by atoms with Crippen molar-refractivity contribution in [1.29, 1.82) is 0 Å². The van der Waals surface area contributed by atoms with E-state index >= 15 is 0 Å². The lowest BCUT2D eigenvalue weighted by Gasteiger charge is -2.40. The molecule has 0 spiro atoms. The predicted octanol–water partition coefficient (Wildman–Crippen LogP) is 2.02. The summed E-state index contributed by atoms with van der Waals surface area (Å²) in [5.41, 5.74) is 0. The van der Waals surface area contributed by atoms with Gasteiger partial charge in [0.05, 0.1) is 5.75 Å². The molecule has 0 N–H and O–H groups in total. The number of carbonyl (C=O) groups excluding carboxylic acids is 1. The second kappa shape index (κ2) is 9.23. The molecule has 0 saturated carbocycles. The second-order valence-corrected chi connectivity index (χ2v) is 11.1.